The SMILES string of the molecule is Cn1ccc2cc(C(O)CC(=O)O)ccc21. The number of hydrogen-bond donors (Lipinski definition) is 2. The Balaban J connectivity index is 2.35. The smallest absolute Gasteiger partial charge is 0.306 e. The number of nitrogens with zero attached hydrogens (tertiary/aromatic N) is 1. The van der Waals surface area contributed by atoms with E-state index in [9.17, 15) is 9.90 Å². The van der Waals surface area contributed by atoms with E-state index in [4.69, 9.17) is 5.11 Å². The Labute approximate surface area is 92.7 Å². The van der Waals surface area contributed by atoms with E-state index in [-0.39, 0.29) is 6.42 Å². The lowest BCUT2D eigenvalue weighted by molar-refractivity contribution is -0.139. The van der Waals surface area contributed by atoms with Crippen molar-refractivity contribution >= 4 is 16.9 Å². The zero-order chi connectivity index (χ0) is 11.7. The highest BCUT2D eigenvalue weighted by molar-refractivity contribution is 5.81. The monoisotopic (exact) mass is 219 g/mol. The van der Waals surface area contributed by atoms with Crippen LogP contribution in [-0.4, -0.2) is 20.7 Å². The predicted octanol–water partition coefficient (Wildman–Crippen LogP) is 1.69. The average Bonchev–Trinajstić information content (AvgIpc) is 2.59. The molecule has 2 N–H and O–H groups in total. The van der Waals surface area contributed by atoms with Crippen LogP contribution in [0, 0.1) is 0 Å². The van der Waals surface area contributed by atoms with Crippen LogP contribution in [0.15, 0.2) is 30.5 Å². The maximum absolute atomic E-state index is 10.5. The molecule has 2 aromatic rings. The highest BCUT2D eigenvalue weighted by atomic mass is 16.4. The van der Waals surface area contributed by atoms with Gasteiger partial charge in [0.1, 0.15) is 0 Å². The molecule has 4 nitrogen and oxygen atoms in total. The van der Waals surface area contributed by atoms with Gasteiger partial charge >= 0.3 is 5.97 Å². The van der Waals surface area contributed by atoms with Crippen LogP contribution in [0.1, 0.15) is 18.1 Å². The second-order valence-corrected chi connectivity index (χ2v) is 3.86. The molecule has 1 unspecified atom stereocenters. The highest BCUT2D eigenvalue weighted by Gasteiger charge is 2.12. The highest BCUT2D eigenvalue weighted by Crippen LogP contribution is 2.22. The molecule has 1 heterocycles. The first-order valence-corrected chi connectivity index (χ1v) is 5.03. The third-order valence-corrected chi connectivity index (χ3v) is 2.66. The quantitative estimate of drug-likeness (QED) is 0.825. The molecule has 84 valence electrons. The molecular weight excluding hydrogens is 206 g/mol. The summed E-state index contributed by atoms with van der Waals surface area (Å²) in [4.78, 5) is 10.5. The lowest BCUT2D eigenvalue weighted by Crippen LogP contribution is -2.05. The molecule has 2 rings (SSSR count). The second-order valence-electron chi connectivity index (χ2n) is 3.86. The van der Waals surface area contributed by atoms with Gasteiger partial charge in [-0.1, -0.05) is 6.07 Å². The van der Waals surface area contributed by atoms with E-state index in [2.05, 4.69) is 0 Å². The Morgan fingerprint density at radius 3 is 2.88 bits per heavy atom. The van der Waals surface area contributed by atoms with Crippen LogP contribution in [0.4, 0.5) is 0 Å². The van der Waals surface area contributed by atoms with Crippen LogP contribution >= 0.6 is 0 Å². The minimum atomic E-state index is -0.999. The number of carboxylic acid groups (broad SMARTS) is 1. The number of fused-ring (bicyclic) bond motifs is 1. The van der Waals surface area contributed by atoms with Crippen molar-refractivity contribution in [2.45, 2.75) is 12.5 Å². The summed E-state index contributed by atoms with van der Waals surface area (Å²) in [6.45, 7) is 0. The van der Waals surface area contributed by atoms with E-state index in [0.29, 0.717) is 5.56 Å². The van der Waals surface area contributed by atoms with Gasteiger partial charge in [-0.2, -0.15) is 0 Å². The summed E-state index contributed by atoms with van der Waals surface area (Å²) < 4.78 is 1.97. The molecule has 0 saturated heterocycles. The summed E-state index contributed by atoms with van der Waals surface area (Å²) in [5.41, 5.74) is 1.70. The summed E-state index contributed by atoms with van der Waals surface area (Å²) in [7, 11) is 1.94. The minimum absolute atomic E-state index is 0.266. The van der Waals surface area contributed by atoms with E-state index in [0.717, 1.165) is 10.9 Å². The van der Waals surface area contributed by atoms with E-state index in [1.54, 1.807) is 6.07 Å². The molecule has 0 spiro atoms. The summed E-state index contributed by atoms with van der Waals surface area (Å²) in [5, 5.41) is 19.3. The zero-order valence-electron chi connectivity index (χ0n) is 8.92. The summed E-state index contributed by atoms with van der Waals surface area (Å²) in [6, 6.07) is 7.40. The molecule has 0 radical (unpaired) electrons. The largest absolute Gasteiger partial charge is 0.481 e. The molecule has 16 heavy (non-hydrogen) atoms. The third-order valence-electron chi connectivity index (χ3n) is 2.66. The number of benzene rings is 1. The Hall–Kier alpha value is -1.81. The van der Waals surface area contributed by atoms with Crippen LogP contribution in [0.3, 0.4) is 0 Å². The minimum Gasteiger partial charge on any atom is -0.481 e. The number of carbonyl (C=O) groups is 1. The van der Waals surface area contributed by atoms with Crippen LogP contribution in [-0.2, 0) is 11.8 Å². The fourth-order valence-electron chi connectivity index (χ4n) is 1.79. The van der Waals surface area contributed by atoms with Crippen LogP contribution in [0.25, 0.3) is 10.9 Å². The maximum atomic E-state index is 10.5. The fourth-order valence-corrected chi connectivity index (χ4v) is 1.79. The standard InChI is InChI=1S/C12H13NO3/c1-13-5-4-8-6-9(2-3-10(8)13)11(14)7-12(15)16/h2-6,11,14H,7H2,1H3,(H,15,16). The maximum Gasteiger partial charge on any atom is 0.306 e. The van der Waals surface area contributed by atoms with Gasteiger partial charge in [0.2, 0.25) is 0 Å². The molecule has 1 aromatic carbocycles. The first-order valence-electron chi connectivity index (χ1n) is 5.03. The van der Waals surface area contributed by atoms with Gasteiger partial charge in [-0.05, 0) is 29.1 Å². The van der Waals surface area contributed by atoms with Crippen molar-refractivity contribution in [1.29, 1.82) is 0 Å². The Kier molecular flexibility index (Phi) is 2.66. The number of aryl methyl sites for hydroxylation is 1. The lowest BCUT2D eigenvalue weighted by Gasteiger charge is -2.08. The van der Waals surface area contributed by atoms with Gasteiger partial charge < -0.3 is 14.8 Å². The van der Waals surface area contributed by atoms with Crippen molar-refractivity contribution < 1.29 is 15.0 Å². The van der Waals surface area contributed by atoms with Gasteiger partial charge in [-0.25, -0.2) is 0 Å². The summed E-state index contributed by atoms with van der Waals surface area (Å²) in [6.07, 6.45) is 0.721. The zero-order valence-corrected chi connectivity index (χ0v) is 8.92. The molecule has 1 atom stereocenters. The second kappa shape index (κ2) is 3.98. The number of carboxylic acids is 1. The van der Waals surface area contributed by atoms with E-state index >= 15 is 0 Å². The average molecular weight is 219 g/mol. The molecule has 0 aliphatic carbocycles. The number of rotatable bonds is 3. The number of hydrogen-bond acceptors (Lipinski definition) is 2. The van der Waals surface area contributed by atoms with Crippen molar-refractivity contribution in [3.05, 3.63) is 36.0 Å². The van der Waals surface area contributed by atoms with Crippen LogP contribution in [0.5, 0.6) is 0 Å². The molecule has 0 aliphatic heterocycles. The number of aromatic nitrogens is 1. The van der Waals surface area contributed by atoms with Crippen molar-refractivity contribution in [2.75, 3.05) is 0 Å². The van der Waals surface area contributed by atoms with E-state index in [1.165, 1.54) is 0 Å². The van der Waals surface area contributed by atoms with Gasteiger partial charge in [-0.3, -0.25) is 4.79 Å². The lowest BCUT2D eigenvalue weighted by atomic mass is 10.0. The van der Waals surface area contributed by atoms with Gasteiger partial charge in [-0.15, -0.1) is 0 Å². The normalized spacial score (nSPS) is 12.9. The Morgan fingerprint density at radius 1 is 1.44 bits per heavy atom. The predicted molar refractivity (Wildman–Crippen MR) is 60.1 cm³/mol. The molecule has 1 aromatic heterocycles. The number of aliphatic hydroxyl groups is 1. The van der Waals surface area contributed by atoms with E-state index in [1.807, 2.05) is 36.0 Å². The van der Waals surface area contributed by atoms with Gasteiger partial charge in [0.15, 0.2) is 0 Å². The van der Waals surface area contributed by atoms with Crippen molar-refractivity contribution in [3.63, 3.8) is 0 Å². The summed E-state index contributed by atoms with van der Waals surface area (Å²) in [5.74, 6) is -0.999. The van der Waals surface area contributed by atoms with Gasteiger partial charge in [0.25, 0.3) is 0 Å². The summed E-state index contributed by atoms with van der Waals surface area (Å²) >= 11 is 0. The molecule has 0 fully saturated rings. The number of aliphatic carboxylic acids is 1. The third kappa shape index (κ3) is 1.92. The topological polar surface area (TPSA) is 62.5 Å². The molecule has 0 saturated carbocycles. The molecule has 0 aliphatic rings. The molecule has 4 heteroatoms. The molecule has 0 bridgehead atoms. The fraction of sp³-hybridized carbons (Fsp3) is 0.250. The molecular formula is C12H13NO3. The van der Waals surface area contributed by atoms with Gasteiger partial charge in [0.05, 0.1) is 12.5 Å². The first kappa shape index (κ1) is 10.7. The Morgan fingerprint density at radius 2 is 2.19 bits per heavy atom. The first-order chi connectivity index (χ1) is 7.58. The van der Waals surface area contributed by atoms with Crippen molar-refractivity contribution in [3.8, 4) is 0 Å². The molecule has 0 amide bonds. The number of aliphatic hydroxyl groups excluding tert-OH is 1. The van der Waals surface area contributed by atoms with Crippen molar-refractivity contribution in [2.24, 2.45) is 7.05 Å². The van der Waals surface area contributed by atoms with Gasteiger partial charge in [0, 0.05) is 18.8 Å². The van der Waals surface area contributed by atoms with Crippen LogP contribution < -0.4 is 0 Å². The van der Waals surface area contributed by atoms with Crippen LogP contribution in [0.2, 0.25) is 0 Å². The van der Waals surface area contributed by atoms with Crippen molar-refractivity contribution in [1.82, 2.24) is 4.57 Å². The Bertz CT molecular complexity index is 530. The van der Waals surface area contributed by atoms with E-state index < -0.39 is 12.1 Å².